The summed E-state index contributed by atoms with van der Waals surface area (Å²) in [6.45, 7) is 6.65. The summed E-state index contributed by atoms with van der Waals surface area (Å²) in [6, 6.07) is 9.67. The van der Waals surface area contributed by atoms with Crippen LogP contribution >= 0.6 is 0 Å². The Balaban J connectivity index is 2.16. The van der Waals surface area contributed by atoms with Gasteiger partial charge in [-0.15, -0.1) is 5.10 Å². The lowest BCUT2D eigenvalue weighted by atomic mass is 10.1. The van der Waals surface area contributed by atoms with Crippen molar-refractivity contribution in [1.82, 2.24) is 20.3 Å². The molecule has 0 spiro atoms. The molecule has 0 amide bonds. The van der Waals surface area contributed by atoms with Crippen molar-refractivity contribution in [2.75, 3.05) is 6.54 Å². The maximum atomic E-state index is 10.3. The lowest BCUT2D eigenvalue weighted by molar-refractivity contribution is 0.156. The van der Waals surface area contributed by atoms with Crippen molar-refractivity contribution in [3.05, 3.63) is 42.2 Å². The van der Waals surface area contributed by atoms with Crippen LogP contribution in [0.1, 0.15) is 32.6 Å². The van der Waals surface area contributed by atoms with Crippen LogP contribution in [0.5, 0.6) is 0 Å². The molecule has 2 N–H and O–H groups in total. The number of aliphatic hydroxyl groups is 1. The minimum Gasteiger partial charge on any atom is -0.385 e. The van der Waals surface area contributed by atoms with Crippen LogP contribution in [-0.2, 0) is 0 Å². The third kappa shape index (κ3) is 3.62. The van der Waals surface area contributed by atoms with Crippen LogP contribution in [0.25, 0.3) is 5.69 Å². The standard InChI is InChI=1S/C14H20N4O/c1-14(2,3)15-10-13(19)12-9-16-17-18(12)11-7-5-4-6-8-11/h4-9,13,15,19H,10H2,1-3H3. The fraction of sp³-hybridized carbons (Fsp3) is 0.429. The Bertz CT molecular complexity index is 516. The van der Waals surface area contributed by atoms with Crippen molar-refractivity contribution >= 4 is 0 Å². The lowest BCUT2D eigenvalue weighted by Gasteiger charge is -2.23. The van der Waals surface area contributed by atoms with Crippen LogP contribution in [0.4, 0.5) is 0 Å². The van der Waals surface area contributed by atoms with Crippen molar-refractivity contribution in [1.29, 1.82) is 0 Å². The molecule has 2 rings (SSSR count). The van der Waals surface area contributed by atoms with Crippen LogP contribution in [-0.4, -0.2) is 32.2 Å². The molecule has 5 nitrogen and oxygen atoms in total. The van der Waals surface area contributed by atoms with Crippen LogP contribution in [0.15, 0.2) is 36.5 Å². The number of para-hydroxylation sites is 1. The number of aromatic nitrogens is 3. The van der Waals surface area contributed by atoms with Gasteiger partial charge in [-0.2, -0.15) is 0 Å². The molecule has 0 aliphatic carbocycles. The van der Waals surface area contributed by atoms with Crippen LogP contribution in [0.3, 0.4) is 0 Å². The largest absolute Gasteiger partial charge is 0.385 e. The number of hydrogen-bond donors (Lipinski definition) is 2. The molecule has 2 aromatic rings. The second-order valence-corrected chi connectivity index (χ2v) is 5.55. The Kier molecular flexibility index (Phi) is 3.97. The predicted octanol–water partition coefficient (Wildman–Crippen LogP) is 1.69. The molecule has 5 heteroatoms. The van der Waals surface area contributed by atoms with Gasteiger partial charge in [-0.05, 0) is 32.9 Å². The van der Waals surface area contributed by atoms with Gasteiger partial charge >= 0.3 is 0 Å². The number of nitrogens with one attached hydrogen (secondary N) is 1. The molecule has 1 heterocycles. The van der Waals surface area contributed by atoms with E-state index in [0.717, 1.165) is 5.69 Å². The van der Waals surface area contributed by atoms with Gasteiger partial charge in [0.05, 0.1) is 17.6 Å². The molecular formula is C14H20N4O. The fourth-order valence-corrected chi connectivity index (χ4v) is 1.75. The van der Waals surface area contributed by atoms with Gasteiger partial charge in [0.2, 0.25) is 0 Å². The number of benzene rings is 1. The normalized spacial score (nSPS) is 13.5. The average molecular weight is 260 g/mol. The van der Waals surface area contributed by atoms with Gasteiger partial charge in [-0.1, -0.05) is 23.4 Å². The number of hydrogen-bond acceptors (Lipinski definition) is 4. The van der Waals surface area contributed by atoms with Gasteiger partial charge in [0.1, 0.15) is 6.10 Å². The Labute approximate surface area is 113 Å². The highest BCUT2D eigenvalue weighted by Crippen LogP contribution is 2.16. The predicted molar refractivity (Wildman–Crippen MR) is 74.1 cm³/mol. The molecule has 0 bridgehead atoms. The maximum Gasteiger partial charge on any atom is 0.110 e. The maximum absolute atomic E-state index is 10.3. The number of nitrogens with zero attached hydrogens (tertiary/aromatic N) is 3. The van der Waals surface area contributed by atoms with Gasteiger partial charge in [0.15, 0.2) is 0 Å². The van der Waals surface area contributed by atoms with E-state index in [2.05, 4.69) is 36.4 Å². The molecule has 0 aliphatic heterocycles. The SMILES string of the molecule is CC(C)(C)NCC(O)c1cnnn1-c1ccccc1. The number of aliphatic hydroxyl groups excluding tert-OH is 1. The molecular weight excluding hydrogens is 240 g/mol. The molecule has 1 unspecified atom stereocenters. The average Bonchev–Trinajstić information content (AvgIpc) is 2.85. The summed E-state index contributed by atoms with van der Waals surface area (Å²) < 4.78 is 1.66. The molecule has 1 aromatic carbocycles. The summed E-state index contributed by atoms with van der Waals surface area (Å²) in [5, 5.41) is 21.4. The summed E-state index contributed by atoms with van der Waals surface area (Å²) >= 11 is 0. The van der Waals surface area contributed by atoms with Gasteiger partial charge < -0.3 is 10.4 Å². The highest BCUT2D eigenvalue weighted by Gasteiger charge is 2.18. The smallest absolute Gasteiger partial charge is 0.110 e. The molecule has 19 heavy (non-hydrogen) atoms. The Hall–Kier alpha value is -1.72. The van der Waals surface area contributed by atoms with E-state index >= 15 is 0 Å². The highest BCUT2D eigenvalue weighted by atomic mass is 16.3. The van der Waals surface area contributed by atoms with E-state index in [1.54, 1.807) is 10.9 Å². The molecule has 0 aliphatic rings. The van der Waals surface area contributed by atoms with E-state index in [0.29, 0.717) is 12.2 Å². The van der Waals surface area contributed by atoms with Gasteiger partial charge in [-0.25, -0.2) is 4.68 Å². The fourth-order valence-electron chi connectivity index (χ4n) is 1.75. The Morgan fingerprint density at radius 1 is 1.26 bits per heavy atom. The number of β-amino-alcohol motifs (C(OH)–C–C–N with tert-alkyl or cyclic N) is 1. The number of rotatable bonds is 4. The molecule has 0 fully saturated rings. The van der Waals surface area contributed by atoms with E-state index in [1.165, 1.54) is 0 Å². The Morgan fingerprint density at radius 2 is 1.95 bits per heavy atom. The third-order valence-electron chi connectivity index (χ3n) is 2.74. The van der Waals surface area contributed by atoms with Gasteiger partial charge in [0.25, 0.3) is 0 Å². The first-order chi connectivity index (χ1) is 8.97. The minimum absolute atomic E-state index is 0.0357. The van der Waals surface area contributed by atoms with Gasteiger partial charge in [0, 0.05) is 12.1 Å². The molecule has 102 valence electrons. The molecule has 1 aromatic heterocycles. The van der Waals surface area contributed by atoms with Crippen molar-refractivity contribution < 1.29 is 5.11 Å². The van der Waals surface area contributed by atoms with Crippen molar-refractivity contribution in [3.63, 3.8) is 0 Å². The van der Waals surface area contributed by atoms with Crippen LogP contribution in [0.2, 0.25) is 0 Å². The van der Waals surface area contributed by atoms with Crippen molar-refractivity contribution in [3.8, 4) is 5.69 Å². The summed E-state index contributed by atoms with van der Waals surface area (Å²) in [5.41, 5.74) is 1.54. The van der Waals surface area contributed by atoms with Crippen LogP contribution in [0, 0.1) is 0 Å². The third-order valence-corrected chi connectivity index (χ3v) is 2.74. The quantitative estimate of drug-likeness (QED) is 0.878. The first kappa shape index (κ1) is 13.7. The topological polar surface area (TPSA) is 63.0 Å². The second-order valence-electron chi connectivity index (χ2n) is 5.55. The lowest BCUT2D eigenvalue weighted by Crippen LogP contribution is -2.38. The first-order valence-electron chi connectivity index (χ1n) is 6.36. The van der Waals surface area contributed by atoms with E-state index in [-0.39, 0.29) is 5.54 Å². The zero-order valence-electron chi connectivity index (χ0n) is 11.5. The van der Waals surface area contributed by atoms with Crippen LogP contribution < -0.4 is 5.32 Å². The van der Waals surface area contributed by atoms with E-state index in [1.807, 2.05) is 30.3 Å². The van der Waals surface area contributed by atoms with E-state index in [4.69, 9.17) is 0 Å². The zero-order valence-corrected chi connectivity index (χ0v) is 11.5. The van der Waals surface area contributed by atoms with E-state index < -0.39 is 6.10 Å². The zero-order chi connectivity index (χ0) is 13.9. The second kappa shape index (κ2) is 5.50. The molecule has 0 saturated heterocycles. The molecule has 0 saturated carbocycles. The van der Waals surface area contributed by atoms with Gasteiger partial charge in [-0.3, -0.25) is 0 Å². The van der Waals surface area contributed by atoms with E-state index in [9.17, 15) is 5.11 Å². The summed E-state index contributed by atoms with van der Waals surface area (Å²) in [6.07, 6.45) is 0.955. The molecule has 0 radical (unpaired) electrons. The highest BCUT2D eigenvalue weighted by molar-refractivity contribution is 5.32. The molecule has 1 atom stereocenters. The van der Waals surface area contributed by atoms with Crippen molar-refractivity contribution in [2.24, 2.45) is 0 Å². The first-order valence-corrected chi connectivity index (χ1v) is 6.36. The minimum atomic E-state index is -0.644. The summed E-state index contributed by atoms with van der Waals surface area (Å²) in [7, 11) is 0. The Morgan fingerprint density at radius 3 is 2.58 bits per heavy atom. The monoisotopic (exact) mass is 260 g/mol. The van der Waals surface area contributed by atoms with Crippen molar-refractivity contribution in [2.45, 2.75) is 32.4 Å². The summed E-state index contributed by atoms with van der Waals surface area (Å²) in [5.74, 6) is 0. The summed E-state index contributed by atoms with van der Waals surface area (Å²) in [4.78, 5) is 0.